The average Bonchev–Trinajstić information content (AvgIpc) is 3.15. The van der Waals surface area contributed by atoms with Gasteiger partial charge in [0.15, 0.2) is 0 Å². The van der Waals surface area contributed by atoms with Crippen LogP contribution in [0.5, 0.6) is 0 Å². The van der Waals surface area contributed by atoms with Crippen molar-refractivity contribution in [3.8, 4) is 0 Å². The van der Waals surface area contributed by atoms with Crippen molar-refractivity contribution in [1.82, 2.24) is 10.2 Å². The molecular weight excluding hydrogens is 200 g/mol. The maximum absolute atomic E-state index is 5.87. The Morgan fingerprint density at radius 3 is 2.69 bits per heavy atom. The second-order valence-electron chi connectivity index (χ2n) is 5.70. The minimum atomic E-state index is 0.565. The number of hydrogen-bond donors (Lipinski definition) is 1. The van der Waals surface area contributed by atoms with Gasteiger partial charge in [0.25, 0.3) is 0 Å². The van der Waals surface area contributed by atoms with Crippen molar-refractivity contribution >= 4 is 0 Å². The maximum Gasteiger partial charge on any atom is 0.0730 e. The van der Waals surface area contributed by atoms with Crippen LogP contribution < -0.4 is 5.32 Å². The van der Waals surface area contributed by atoms with Crippen molar-refractivity contribution in [2.75, 3.05) is 39.3 Å². The predicted octanol–water partition coefficient (Wildman–Crippen LogP) is 1.10. The van der Waals surface area contributed by atoms with Crippen LogP contribution in [0.3, 0.4) is 0 Å². The molecule has 3 nitrogen and oxygen atoms in total. The number of ether oxygens (including phenoxy) is 1. The highest BCUT2D eigenvalue weighted by Gasteiger charge is 2.35. The van der Waals surface area contributed by atoms with E-state index in [0.29, 0.717) is 6.10 Å². The van der Waals surface area contributed by atoms with Gasteiger partial charge < -0.3 is 10.1 Å². The first-order chi connectivity index (χ1) is 7.92. The molecule has 0 aromatic carbocycles. The van der Waals surface area contributed by atoms with Crippen LogP contribution in [0.4, 0.5) is 0 Å². The number of nitrogens with one attached hydrogen (secondary N) is 1. The SMILES string of the molecule is C1CC(CN2CCOC(C3CC3)C2)CCN1. The maximum atomic E-state index is 5.87. The molecular formula is C13H24N2O. The Kier molecular flexibility index (Phi) is 3.46. The Labute approximate surface area is 98.5 Å². The third-order valence-electron chi connectivity index (χ3n) is 4.30. The molecule has 0 aromatic rings. The molecule has 1 atom stereocenters. The molecule has 3 heteroatoms. The van der Waals surface area contributed by atoms with Crippen LogP contribution in [0.15, 0.2) is 0 Å². The number of rotatable bonds is 3. The molecule has 1 N–H and O–H groups in total. The van der Waals surface area contributed by atoms with Crippen LogP contribution in [-0.2, 0) is 4.74 Å². The summed E-state index contributed by atoms with van der Waals surface area (Å²) in [6.07, 6.45) is 6.12. The van der Waals surface area contributed by atoms with Gasteiger partial charge in [-0.05, 0) is 50.6 Å². The van der Waals surface area contributed by atoms with Crippen LogP contribution in [-0.4, -0.2) is 50.3 Å². The van der Waals surface area contributed by atoms with Gasteiger partial charge in [-0.3, -0.25) is 4.90 Å². The fourth-order valence-corrected chi connectivity index (χ4v) is 3.08. The van der Waals surface area contributed by atoms with Crippen molar-refractivity contribution < 1.29 is 4.74 Å². The van der Waals surface area contributed by atoms with Crippen molar-refractivity contribution in [3.63, 3.8) is 0 Å². The zero-order valence-electron chi connectivity index (χ0n) is 10.2. The molecule has 0 amide bonds. The van der Waals surface area contributed by atoms with Crippen molar-refractivity contribution in [3.05, 3.63) is 0 Å². The lowest BCUT2D eigenvalue weighted by Crippen LogP contribution is -2.46. The zero-order valence-corrected chi connectivity index (χ0v) is 10.2. The van der Waals surface area contributed by atoms with E-state index in [0.717, 1.165) is 25.0 Å². The van der Waals surface area contributed by atoms with E-state index in [2.05, 4.69) is 10.2 Å². The summed E-state index contributed by atoms with van der Waals surface area (Å²) in [7, 11) is 0. The van der Waals surface area contributed by atoms with Crippen LogP contribution in [0.2, 0.25) is 0 Å². The lowest BCUT2D eigenvalue weighted by Gasteiger charge is -2.36. The summed E-state index contributed by atoms with van der Waals surface area (Å²) in [4.78, 5) is 2.66. The van der Waals surface area contributed by atoms with Crippen LogP contribution in [0.25, 0.3) is 0 Å². The van der Waals surface area contributed by atoms with E-state index in [9.17, 15) is 0 Å². The molecule has 3 fully saturated rings. The van der Waals surface area contributed by atoms with Gasteiger partial charge in [0.05, 0.1) is 12.7 Å². The Morgan fingerprint density at radius 2 is 1.94 bits per heavy atom. The highest BCUT2D eigenvalue weighted by molar-refractivity contribution is 4.87. The largest absolute Gasteiger partial charge is 0.375 e. The molecule has 1 aliphatic carbocycles. The highest BCUT2D eigenvalue weighted by atomic mass is 16.5. The molecule has 0 bridgehead atoms. The smallest absolute Gasteiger partial charge is 0.0730 e. The molecule has 16 heavy (non-hydrogen) atoms. The second-order valence-corrected chi connectivity index (χ2v) is 5.70. The highest BCUT2D eigenvalue weighted by Crippen LogP contribution is 2.35. The van der Waals surface area contributed by atoms with E-state index >= 15 is 0 Å². The van der Waals surface area contributed by atoms with Gasteiger partial charge in [-0.25, -0.2) is 0 Å². The van der Waals surface area contributed by atoms with Gasteiger partial charge in [-0.2, -0.15) is 0 Å². The summed E-state index contributed by atoms with van der Waals surface area (Å²) in [5.74, 6) is 1.83. The summed E-state index contributed by atoms with van der Waals surface area (Å²) >= 11 is 0. The average molecular weight is 224 g/mol. The normalized spacial score (nSPS) is 34.1. The van der Waals surface area contributed by atoms with Crippen LogP contribution in [0.1, 0.15) is 25.7 Å². The molecule has 0 aromatic heterocycles. The van der Waals surface area contributed by atoms with E-state index in [-0.39, 0.29) is 0 Å². The fourth-order valence-electron chi connectivity index (χ4n) is 3.08. The molecule has 0 spiro atoms. The molecule has 1 saturated carbocycles. The summed E-state index contributed by atoms with van der Waals surface area (Å²) in [5.41, 5.74) is 0. The molecule has 2 heterocycles. The van der Waals surface area contributed by atoms with Gasteiger partial charge in [-0.15, -0.1) is 0 Å². The lowest BCUT2D eigenvalue weighted by atomic mass is 9.97. The Morgan fingerprint density at radius 1 is 1.12 bits per heavy atom. The molecule has 3 aliphatic rings. The lowest BCUT2D eigenvalue weighted by molar-refractivity contribution is -0.0442. The van der Waals surface area contributed by atoms with Crippen molar-refractivity contribution in [2.24, 2.45) is 11.8 Å². The van der Waals surface area contributed by atoms with Gasteiger partial charge in [-0.1, -0.05) is 0 Å². The first kappa shape index (κ1) is 11.0. The molecule has 2 aliphatic heterocycles. The minimum absolute atomic E-state index is 0.565. The summed E-state index contributed by atoms with van der Waals surface area (Å²) in [6.45, 7) is 7.09. The summed E-state index contributed by atoms with van der Waals surface area (Å²) < 4.78 is 5.87. The summed E-state index contributed by atoms with van der Waals surface area (Å²) in [6, 6.07) is 0. The molecule has 2 saturated heterocycles. The van der Waals surface area contributed by atoms with Crippen LogP contribution >= 0.6 is 0 Å². The van der Waals surface area contributed by atoms with E-state index in [1.54, 1.807) is 0 Å². The van der Waals surface area contributed by atoms with E-state index < -0.39 is 0 Å². The van der Waals surface area contributed by atoms with Crippen LogP contribution in [0, 0.1) is 11.8 Å². The minimum Gasteiger partial charge on any atom is -0.375 e. The molecule has 0 radical (unpaired) electrons. The van der Waals surface area contributed by atoms with Gasteiger partial charge in [0, 0.05) is 19.6 Å². The first-order valence-corrected chi connectivity index (χ1v) is 6.96. The Balaban J connectivity index is 1.46. The molecule has 3 rings (SSSR count). The third kappa shape index (κ3) is 2.76. The quantitative estimate of drug-likeness (QED) is 0.777. The van der Waals surface area contributed by atoms with E-state index in [4.69, 9.17) is 4.74 Å². The predicted molar refractivity (Wildman–Crippen MR) is 64.5 cm³/mol. The van der Waals surface area contributed by atoms with Gasteiger partial charge in [0.2, 0.25) is 0 Å². The molecule has 92 valence electrons. The Bertz CT molecular complexity index is 224. The topological polar surface area (TPSA) is 24.5 Å². The van der Waals surface area contributed by atoms with E-state index in [1.807, 2.05) is 0 Å². The molecule has 1 unspecified atom stereocenters. The second kappa shape index (κ2) is 5.03. The number of morpholine rings is 1. The van der Waals surface area contributed by atoms with E-state index in [1.165, 1.54) is 51.9 Å². The monoisotopic (exact) mass is 224 g/mol. The fraction of sp³-hybridized carbons (Fsp3) is 1.00. The summed E-state index contributed by atoms with van der Waals surface area (Å²) in [5, 5.41) is 3.45. The number of hydrogen-bond acceptors (Lipinski definition) is 3. The number of nitrogens with zero attached hydrogens (tertiary/aromatic N) is 1. The first-order valence-electron chi connectivity index (χ1n) is 6.96. The standard InChI is InChI=1S/C13H24N2O/c1-2-12(1)13-10-15(7-8-16-13)9-11-3-5-14-6-4-11/h11-14H,1-10H2. The van der Waals surface area contributed by atoms with Crippen molar-refractivity contribution in [1.29, 1.82) is 0 Å². The van der Waals surface area contributed by atoms with Gasteiger partial charge in [0.1, 0.15) is 0 Å². The van der Waals surface area contributed by atoms with Crippen molar-refractivity contribution in [2.45, 2.75) is 31.8 Å². The van der Waals surface area contributed by atoms with Gasteiger partial charge >= 0.3 is 0 Å². The zero-order chi connectivity index (χ0) is 10.8. The Hall–Kier alpha value is -0.120. The number of piperidine rings is 1. The third-order valence-corrected chi connectivity index (χ3v) is 4.30.